The van der Waals surface area contributed by atoms with Crippen LogP contribution in [0, 0.1) is 0 Å². The van der Waals surface area contributed by atoms with Crippen molar-refractivity contribution >= 4 is 5.91 Å². The van der Waals surface area contributed by atoms with Crippen molar-refractivity contribution in [1.29, 1.82) is 0 Å². The average Bonchev–Trinajstić information content (AvgIpc) is 2.53. The van der Waals surface area contributed by atoms with Gasteiger partial charge in [-0.05, 0) is 46.1 Å². The molecule has 2 atom stereocenters. The number of amides is 1. The maximum atomic E-state index is 12.8. The molecule has 1 aliphatic rings. The fourth-order valence-electron chi connectivity index (χ4n) is 3.22. The third-order valence-electron chi connectivity index (χ3n) is 4.51. The predicted octanol–water partition coefficient (Wildman–Crippen LogP) is 1.79. The van der Waals surface area contributed by atoms with E-state index in [0.717, 1.165) is 31.9 Å². The minimum absolute atomic E-state index is 0.0925. The van der Waals surface area contributed by atoms with Crippen molar-refractivity contribution in [3.05, 3.63) is 29.8 Å². The Labute approximate surface area is 139 Å². The first-order valence-corrected chi connectivity index (χ1v) is 8.26. The summed E-state index contributed by atoms with van der Waals surface area (Å²) < 4.78 is 5.22. The van der Waals surface area contributed by atoms with E-state index in [4.69, 9.17) is 4.74 Å². The number of rotatable bonds is 5. The van der Waals surface area contributed by atoms with Gasteiger partial charge < -0.3 is 14.5 Å². The summed E-state index contributed by atoms with van der Waals surface area (Å²) in [5.74, 6) is 0.816. The molecule has 0 aliphatic carbocycles. The smallest absolute Gasteiger partial charge is 0.254 e. The summed E-state index contributed by atoms with van der Waals surface area (Å²) in [5.41, 5.74) is 0.700. The summed E-state index contributed by atoms with van der Waals surface area (Å²) in [6.45, 7) is 8.03. The summed E-state index contributed by atoms with van der Waals surface area (Å²) >= 11 is 0. The molecule has 5 heteroatoms. The minimum atomic E-state index is 0.0925. The van der Waals surface area contributed by atoms with E-state index in [9.17, 15) is 4.79 Å². The lowest BCUT2D eigenvalue weighted by Crippen LogP contribution is -2.59. The number of hydrogen-bond acceptors (Lipinski definition) is 4. The van der Waals surface area contributed by atoms with Gasteiger partial charge >= 0.3 is 0 Å². The van der Waals surface area contributed by atoms with Crippen LogP contribution in [0.15, 0.2) is 24.3 Å². The Kier molecular flexibility index (Phi) is 6.02. The third-order valence-corrected chi connectivity index (χ3v) is 4.51. The zero-order valence-electron chi connectivity index (χ0n) is 15.0. The summed E-state index contributed by atoms with van der Waals surface area (Å²) in [4.78, 5) is 19.4. The molecular formula is C18H29N3O2. The van der Waals surface area contributed by atoms with E-state index < -0.39 is 0 Å². The zero-order chi connectivity index (χ0) is 17.0. The van der Waals surface area contributed by atoms with Gasteiger partial charge in [0.15, 0.2) is 0 Å². The normalized spacial score (nSPS) is 22.4. The quantitative estimate of drug-likeness (QED) is 0.829. The van der Waals surface area contributed by atoms with E-state index in [2.05, 4.69) is 37.7 Å². The van der Waals surface area contributed by atoms with E-state index in [0.29, 0.717) is 17.6 Å². The molecule has 0 N–H and O–H groups in total. The van der Waals surface area contributed by atoms with Crippen molar-refractivity contribution in [3.8, 4) is 5.75 Å². The third kappa shape index (κ3) is 4.45. The van der Waals surface area contributed by atoms with Crippen LogP contribution in [0.5, 0.6) is 5.75 Å². The second kappa shape index (κ2) is 7.79. The van der Waals surface area contributed by atoms with Crippen LogP contribution in [0.25, 0.3) is 0 Å². The van der Waals surface area contributed by atoms with Crippen LogP contribution in [0.4, 0.5) is 0 Å². The lowest BCUT2D eigenvalue weighted by molar-refractivity contribution is 0.0282. The van der Waals surface area contributed by atoms with Crippen molar-refractivity contribution in [2.75, 3.05) is 47.4 Å². The van der Waals surface area contributed by atoms with Crippen molar-refractivity contribution in [2.45, 2.75) is 25.9 Å². The van der Waals surface area contributed by atoms with E-state index in [1.54, 1.807) is 7.11 Å². The summed E-state index contributed by atoms with van der Waals surface area (Å²) in [6.07, 6.45) is 0. The van der Waals surface area contributed by atoms with Gasteiger partial charge in [0.25, 0.3) is 5.91 Å². The molecule has 0 radical (unpaired) electrons. The van der Waals surface area contributed by atoms with Crippen LogP contribution >= 0.6 is 0 Å². The molecule has 2 rings (SSSR count). The van der Waals surface area contributed by atoms with Crippen LogP contribution < -0.4 is 4.74 Å². The van der Waals surface area contributed by atoms with Crippen molar-refractivity contribution in [1.82, 2.24) is 14.7 Å². The SMILES string of the molecule is COc1cccc(C(=O)N2CC(C)N(CCN(C)C)C(C)C2)c1. The van der Waals surface area contributed by atoms with Crippen LogP contribution in [-0.4, -0.2) is 80.1 Å². The summed E-state index contributed by atoms with van der Waals surface area (Å²) in [6, 6.07) is 8.14. The van der Waals surface area contributed by atoms with Crippen molar-refractivity contribution < 1.29 is 9.53 Å². The molecule has 0 spiro atoms. The molecule has 1 aromatic rings. The molecule has 1 amide bonds. The standard InChI is InChI=1S/C18H29N3O2/c1-14-12-20(13-15(2)21(14)10-9-19(3)4)18(22)16-7-6-8-17(11-16)23-5/h6-8,11,14-15H,9-10,12-13H2,1-5H3. The number of piperazine rings is 1. The van der Waals surface area contributed by atoms with E-state index >= 15 is 0 Å². The summed E-state index contributed by atoms with van der Waals surface area (Å²) in [5, 5.41) is 0. The molecule has 2 unspecified atom stereocenters. The zero-order valence-corrected chi connectivity index (χ0v) is 15.0. The fraction of sp³-hybridized carbons (Fsp3) is 0.611. The molecule has 1 aliphatic heterocycles. The molecule has 128 valence electrons. The number of likely N-dealkylation sites (N-methyl/N-ethyl adjacent to an activating group) is 1. The second-order valence-corrected chi connectivity index (χ2v) is 6.68. The number of nitrogens with zero attached hydrogens (tertiary/aromatic N) is 3. The van der Waals surface area contributed by atoms with Crippen LogP contribution in [0.3, 0.4) is 0 Å². The Hall–Kier alpha value is -1.59. The topological polar surface area (TPSA) is 36.0 Å². The lowest BCUT2D eigenvalue weighted by atomic mass is 10.1. The van der Waals surface area contributed by atoms with Crippen LogP contribution in [-0.2, 0) is 0 Å². The van der Waals surface area contributed by atoms with Crippen molar-refractivity contribution in [3.63, 3.8) is 0 Å². The van der Waals surface area contributed by atoms with E-state index in [1.807, 2.05) is 29.2 Å². The molecule has 0 saturated carbocycles. The number of ether oxygens (including phenoxy) is 1. The van der Waals surface area contributed by atoms with Gasteiger partial charge in [0.2, 0.25) is 0 Å². The molecule has 1 fully saturated rings. The number of benzene rings is 1. The Morgan fingerprint density at radius 2 is 1.91 bits per heavy atom. The number of hydrogen-bond donors (Lipinski definition) is 0. The Balaban J connectivity index is 2.03. The first-order chi connectivity index (χ1) is 10.9. The first kappa shape index (κ1) is 17.8. The van der Waals surface area contributed by atoms with Gasteiger partial charge in [0.1, 0.15) is 5.75 Å². The van der Waals surface area contributed by atoms with Gasteiger partial charge in [0, 0.05) is 43.8 Å². The Morgan fingerprint density at radius 3 is 2.48 bits per heavy atom. The highest BCUT2D eigenvalue weighted by molar-refractivity contribution is 5.94. The van der Waals surface area contributed by atoms with Crippen LogP contribution in [0.1, 0.15) is 24.2 Å². The molecular weight excluding hydrogens is 290 g/mol. The van der Waals surface area contributed by atoms with Gasteiger partial charge in [-0.2, -0.15) is 0 Å². The lowest BCUT2D eigenvalue weighted by Gasteiger charge is -2.44. The molecule has 0 bridgehead atoms. The fourth-order valence-corrected chi connectivity index (χ4v) is 3.22. The number of carbonyl (C=O) groups excluding carboxylic acids is 1. The van der Waals surface area contributed by atoms with Gasteiger partial charge in [-0.3, -0.25) is 9.69 Å². The molecule has 1 aromatic carbocycles. The van der Waals surface area contributed by atoms with Gasteiger partial charge in [-0.15, -0.1) is 0 Å². The Bertz CT molecular complexity index is 521. The molecule has 23 heavy (non-hydrogen) atoms. The summed E-state index contributed by atoms with van der Waals surface area (Å²) in [7, 11) is 5.81. The number of carbonyl (C=O) groups is 1. The number of methoxy groups -OCH3 is 1. The largest absolute Gasteiger partial charge is 0.497 e. The van der Waals surface area contributed by atoms with E-state index in [-0.39, 0.29) is 5.91 Å². The van der Waals surface area contributed by atoms with Gasteiger partial charge in [-0.1, -0.05) is 6.07 Å². The maximum Gasteiger partial charge on any atom is 0.254 e. The molecule has 1 saturated heterocycles. The average molecular weight is 319 g/mol. The highest BCUT2D eigenvalue weighted by atomic mass is 16.5. The molecule has 1 heterocycles. The molecule has 0 aromatic heterocycles. The van der Waals surface area contributed by atoms with E-state index in [1.165, 1.54) is 0 Å². The van der Waals surface area contributed by atoms with Gasteiger partial charge in [-0.25, -0.2) is 0 Å². The van der Waals surface area contributed by atoms with Crippen molar-refractivity contribution in [2.24, 2.45) is 0 Å². The van der Waals surface area contributed by atoms with Crippen LogP contribution in [0.2, 0.25) is 0 Å². The first-order valence-electron chi connectivity index (χ1n) is 8.26. The highest BCUT2D eigenvalue weighted by Gasteiger charge is 2.31. The highest BCUT2D eigenvalue weighted by Crippen LogP contribution is 2.20. The second-order valence-electron chi connectivity index (χ2n) is 6.68. The van der Waals surface area contributed by atoms with Gasteiger partial charge in [0.05, 0.1) is 7.11 Å². The maximum absolute atomic E-state index is 12.8. The minimum Gasteiger partial charge on any atom is -0.497 e. The molecule has 5 nitrogen and oxygen atoms in total. The Morgan fingerprint density at radius 1 is 1.26 bits per heavy atom. The monoisotopic (exact) mass is 319 g/mol. The predicted molar refractivity (Wildman–Crippen MR) is 93.1 cm³/mol.